The number of hydrogen-bond donors (Lipinski definition) is 3. The summed E-state index contributed by atoms with van der Waals surface area (Å²) < 4.78 is 0. The van der Waals surface area contributed by atoms with Gasteiger partial charge in [0.05, 0.1) is 24.8 Å². The monoisotopic (exact) mass is 179 g/mol. The van der Waals surface area contributed by atoms with Crippen molar-refractivity contribution in [3.63, 3.8) is 0 Å². The molecule has 3 N–H and O–H groups in total. The molecule has 0 atom stereocenters. The Labute approximate surface area is 75.3 Å². The lowest BCUT2D eigenvalue weighted by Gasteiger charge is -2.05. The normalized spacial score (nSPS) is 9.62. The van der Waals surface area contributed by atoms with Gasteiger partial charge in [0.25, 0.3) is 0 Å². The number of aliphatic hydroxyl groups excluding tert-OH is 2. The van der Waals surface area contributed by atoms with E-state index in [4.69, 9.17) is 15.5 Å². The molecule has 1 aromatic carbocycles. The third-order valence-electron chi connectivity index (χ3n) is 1.77. The van der Waals surface area contributed by atoms with E-state index in [0.29, 0.717) is 5.56 Å². The van der Waals surface area contributed by atoms with Crippen LogP contribution in [0.15, 0.2) is 12.1 Å². The van der Waals surface area contributed by atoms with Crippen molar-refractivity contribution in [3.05, 3.63) is 28.8 Å². The predicted octanol–water partition coefficient (Wildman–Crippen LogP) is 0.248. The van der Waals surface area contributed by atoms with Crippen molar-refractivity contribution < 1.29 is 15.3 Å². The maximum absolute atomic E-state index is 9.26. The minimum absolute atomic E-state index is 0.106. The van der Waals surface area contributed by atoms with Crippen molar-refractivity contribution in [1.82, 2.24) is 0 Å². The van der Waals surface area contributed by atoms with Crippen LogP contribution in [-0.2, 0) is 13.2 Å². The number of phenols is 1. The Morgan fingerprint density at radius 2 is 1.77 bits per heavy atom. The van der Waals surface area contributed by atoms with E-state index in [9.17, 15) is 5.11 Å². The summed E-state index contributed by atoms with van der Waals surface area (Å²) in [6.07, 6.45) is 0. The fraction of sp³-hybridized carbons (Fsp3) is 0.222. The van der Waals surface area contributed by atoms with Crippen LogP contribution in [0.2, 0.25) is 0 Å². The van der Waals surface area contributed by atoms with Gasteiger partial charge < -0.3 is 15.3 Å². The first kappa shape index (κ1) is 9.52. The van der Waals surface area contributed by atoms with Crippen molar-refractivity contribution in [2.45, 2.75) is 13.2 Å². The molecule has 0 saturated carbocycles. The Morgan fingerprint density at radius 3 is 2.23 bits per heavy atom. The fourth-order valence-electron chi connectivity index (χ4n) is 1.04. The summed E-state index contributed by atoms with van der Waals surface area (Å²) in [4.78, 5) is 0. The van der Waals surface area contributed by atoms with Gasteiger partial charge in [-0.25, -0.2) is 0 Å². The number of rotatable bonds is 2. The summed E-state index contributed by atoms with van der Waals surface area (Å²) >= 11 is 0. The van der Waals surface area contributed by atoms with Gasteiger partial charge in [-0.1, -0.05) is 0 Å². The molecule has 68 valence electrons. The number of aliphatic hydroxyl groups is 2. The molecule has 0 heterocycles. The molecule has 0 unspecified atom stereocenters. The molecular formula is C9H9NO3. The van der Waals surface area contributed by atoms with Crippen LogP contribution in [0.25, 0.3) is 0 Å². The number of nitriles is 1. The lowest BCUT2D eigenvalue weighted by atomic mass is 10.0. The Balaban J connectivity index is 3.28. The van der Waals surface area contributed by atoms with Gasteiger partial charge in [-0.3, -0.25) is 0 Å². The first-order chi connectivity index (χ1) is 6.22. The van der Waals surface area contributed by atoms with Gasteiger partial charge in [0, 0.05) is 5.56 Å². The highest BCUT2D eigenvalue weighted by atomic mass is 16.3. The molecule has 0 radical (unpaired) electrons. The third-order valence-corrected chi connectivity index (χ3v) is 1.77. The summed E-state index contributed by atoms with van der Waals surface area (Å²) in [6.45, 7) is -0.631. The van der Waals surface area contributed by atoms with Gasteiger partial charge >= 0.3 is 0 Å². The zero-order valence-corrected chi connectivity index (χ0v) is 6.86. The number of hydrogen-bond acceptors (Lipinski definition) is 4. The molecule has 4 heteroatoms. The van der Waals surface area contributed by atoms with Gasteiger partial charge in [-0.15, -0.1) is 0 Å². The molecule has 0 aliphatic heterocycles. The Hall–Kier alpha value is -1.57. The smallest absolute Gasteiger partial charge is 0.121 e. The number of aromatic hydroxyl groups is 1. The molecule has 13 heavy (non-hydrogen) atoms. The molecule has 1 rings (SSSR count). The van der Waals surface area contributed by atoms with Crippen molar-refractivity contribution in [2.24, 2.45) is 0 Å². The average Bonchev–Trinajstić information content (AvgIpc) is 2.17. The minimum Gasteiger partial charge on any atom is -0.508 e. The van der Waals surface area contributed by atoms with Gasteiger partial charge in [0.1, 0.15) is 5.75 Å². The minimum atomic E-state index is -0.327. The van der Waals surface area contributed by atoms with E-state index >= 15 is 0 Å². The predicted molar refractivity (Wildman–Crippen MR) is 44.7 cm³/mol. The third kappa shape index (κ3) is 1.78. The standard InChI is InChI=1S/C9H9NO3/c10-3-6-1-8(5-12)9(13)2-7(6)4-11/h1-2,11-13H,4-5H2. The maximum atomic E-state index is 9.26. The summed E-state index contributed by atoms with van der Waals surface area (Å²) in [6, 6.07) is 4.51. The first-order valence-electron chi connectivity index (χ1n) is 3.69. The first-order valence-corrected chi connectivity index (χ1v) is 3.69. The highest BCUT2D eigenvalue weighted by Crippen LogP contribution is 2.22. The lowest BCUT2D eigenvalue weighted by molar-refractivity contribution is 0.272. The Morgan fingerprint density at radius 1 is 1.15 bits per heavy atom. The molecule has 0 amide bonds. The van der Waals surface area contributed by atoms with Crippen LogP contribution in [0.4, 0.5) is 0 Å². The number of benzene rings is 1. The van der Waals surface area contributed by atoms with E-state index < -0.39 is 0 Å². The van der Waals surface area contributed by atoms with E-state index in [1.165, 1.54) is 12.1 Å². The number of nitrogens with zero attached hydrogens (tertiary/aromatic N) is 1. The SMILES string of the molecule is N#Cc1cc(CO)c(O)cc1CO. The molecule has 1 aromatic rings. The summed E-state index contributed by atoms with van der Waals surface area (Å²) in [7, 11) is 0. The fourth-order valence-corrected chi connectivity index (χ4v) is 1.04. The van der Waals surface area contributed by atoms with Crippen molar-refractivity contribution in [3.8, 4) is 11.8 Å². The Bertz CT molecular complexity index is 355. The molecule has 0 aliphatic rings. The highest BCUT2D eigenvalue weighted by Gasteiger charge is 2.07. The van der Waals surface area contributed by atoms with E-state index in [-0.39, 0.29) is 30.1 Å². The van der Waals surface area contributed by atoms with Crippen LogP contribution >= 0.6 is 0 Å². The molecule has 0 aromatic heterocycles. The quantitative estimate of drug-likeness (QED) is 0.607. The van der Waals surface area contributed by atoms with Crippen LogP contribution in [0.3, 0.4) is 0 Å². The molecule has 0 aliphatic carbocycles. The van der Waals surface area contributed by atoms with Gasteiger partial charge in [0.2, 0.25) is 0 Å². The summed E-state index contributed by atoms with van der Waals surface area (Å²) in [5.41, 5.74) is 0.912. The van der Waals surface area contributed by atoms with E-state index in [0.717, 1.165) is 0 Å². The molecule has 0 bridgehead atoms. The van der Waals surface area contributed by atoms with Crippen LogP contribution < -0.4 is 0 Å². The second-order valence-corrected chi connectivity index (χ2v) is 2.57. The van der Waals surface area contributed by atoms with Crippen LogP contribution in [0.1, 0.15) is 16.7 Å². The molecule has 0 saturated heterocycles. The largest absolute Gasteiger partial charge is 0.508 e. The van der Waals surface area contributed by atoms with Crippen molar-refractivity contribution in [1.29, 1.82) is 5.26 Å². The second kappa shape index (κ2) is 3.90. The lowest BCUT2D eigenvalue weighted by Crippen LogP contribution is -1.93. The maximum Gasteiger partial charge on any atom is 0.121 e. The van der Waals surface area contributed by atoms with Gasteiger partial charge in [-0.05, 0) is 17.7 Å². The van der Waals surface area contributed by atoms with Crippen LogP contribution in [0, 0.1) is 11.3 Å². The van der Waals surface area contributed by atoms with E-state index in [2.05, 4.69) is 0 Å². The molecular weight excluding hydrogens is 170 g/mol. The zero-order valence-electron chi connectivity index (χ0n) is 6.86. The molecule has 0 fully saturated rings. The van der Waals surface area contributed by atoms with Crippen molar-refractivity contribution in [2.75, 3.05) is 0 Å². The zero-order chi connectivity index (χ0) is 9.84. The van der Waals surface area contributed by atoms with Gasteiger partial charge in [0.15, 0.2) is 0 Å². The summed E-state index contributed by atoms with van der Waals surface area (Å²) in [5.74, 6) is -0.106. The van der Waals surface area contributed by atoms with Crippen molar-refractivity contribution >= 4 is 0 Å². The summed E-state index contributed by atoms with van der Waals surface area (Å²) in [5, 5.41) is 35.5. The van der Waals surface area contributed by atoms with Gasteiger partial charge in [-0.2, -0.15) is 5.26 Å². The second-order valence-electron chi connectivity index (χ2n) is 2.57. The average molecular weight is 179 g/mol. The molecule has 4 nitrogen and oxygen atoms in total. The van der Waals surface area contributed by atoms with Crippen LogP contribution in [-0.4, -0.2) is 15.3 Å². The Kier molecular flexibility index (Phi) is 2.85. The van der Waals surface area contributed by atoms with Crippen LogP contribution in [0.5, 0.6) is 5.75 Å². The molecule has 0 spiro atoms. The highest BCUT2D eigenvalue weighted by molar-refractivity contribution is 5.46. The van der Waals surface area contributed by atoms with E-state index in [1.807, 2.05) is 6.07 Å². The topological polar surface area (TPSA) is 84.5 Å². The van der Waals surface area contributed by atoms with E-state index in [1.54, 1.807) is 0 Å².